The van der Waals surface area contributed by atoms with Gasteiger partial charge in [-0.15, -0.1) is 0 Å². The molecule has 0 aliphatic rings. The second kappa shape index (κ2) is 6.08. The summed E-state index contributed by atoms with van der Waals surface area (Å²) in [7, 11) is 1.32. The molecule has 0 saturated carbocycles. The number of pyridine rings is 1. The Bertz CT molecular complexity index is 926. The lowest BCUT2D eigenvalue weighted by atomic mass is 9.94. The minimum absolute atomic E-state index is 0.0556. The number of hydrogen-bond acceptors (Lipinski definition) is 3. The van der Waals surface area contributed by atoms with E-state index in [1.165, 1.54) is 7.11 Å². The van der Waals surface area contributed by atoms with Crippen molar-refractivity contribution in [3.8, 4) is 11.1 Å². The number of benzene rings is 2. The Kier molecular flexibility index (Phi) is 3.98. The van der Waals surface area contributed by atoms with Crippen LogP contribution in [0.3, 0.4) is 0 Å². The Morgan fingerprint density at radius 2 is 1.87 bits per heavy atom. The molecule has 1 aromatic heterocycles. The van der Waals surface area contributed by atoms with E-state index < -0.39 is 5.97 Å². The highest BCUT2D eigenvalue weighted by Gasteiger charge is 2.17. The molecule has 3 aromatic rings. The molecule has 2 aromatic carbocycles. The van der Waals surface area contributed by atoms with E-state index in [1.807, 2.05) is 55.5 Å². The Hall–Kier alpha value is -2.88. The quantitative estimate of drug-likeness (QED) is 0.756. The zero-order valence-electron chi connectivity index (χ0n) is 13.1. The van der Waals surface area contributed by atoms with Crippen LogP contribution >= 0.6 is 0 Å². The third-order valence-electron chi connectivity index (χ3n) is 3.88. The number of esters is 1. The monoisotopic (exact) mass is 307 g/mol. The molecule has 0 bridgehead atoms. The van der Waals surface area contributed by atoms with E-state index in [-0.39, 0.29) is 12.0 Å². The molecular weight excluding hydrogens is 290 g/mol. The van der Waals surface area contributed by atoms with Crippen molar-refractivity contribution in [1.29, 1.82) is 0 Å². The second-order valence-corrected chi connectivity index (χ2v) is 5.48. The van der Waals surface area contributed by atoms with Crippen LogP contribution in [0.4, 0.5) is 0 Å². The molecule has 0 saturated heterocycles. The summed E-state index contributed by atoms with van der Waals surface area (Å²) < 4.78 is 4.74. The number of nitrogens with one attached hydrogen (secondary N) is 1. The van der Waals surface area contributed by atoms with Crippen molar-refractivity contribution in [2.75, 3.05) is 7.11 Å². The number of fused-ring (bicyclic) bond motifs is 1. The molecule has 0 aliphatic carbocycles. The van der Waals surface area contributed by atoms with Gasteiger partial charge in [0, 0.05) is 22.0 Å². The summed E-state index contributed by atoms with van der Waals surface area (Å²) in [6, 6.07) is 15.5. The number of methoxy groups -OCH3 is 1. The predicted octanol–water partition coefficient (Wildman–Crippen LogP) is 3.22. The van der Waals surface area contributed by atoms with Gasteiger partial charge < -0.3 is 9.72 Å². The first-order chi connectivity index (χ1) is 11.1. The average Bonchev–Trinajstić information content (AvgIpc) is 2.56. The number of hydrogen-bond donors (Lipinski definition) is 1. The minimum atomic E-state index is -0.431. The summed E-state index contributed by atoms with van der Waals surface area (Å²) in [4.78, 5) is 27.1. The van der Waals surface area contributed by atoms with Crippen LogP contribution in [0.5, 0.6) is 0 Å². The topological polar surface area (TPSA) is 59.2 Å². The van der Waals surface area contributed by atoms with E-state index in [2.05, 4.69) is 4.98 Å². The highest BCUT2D eigenvalue weighted by atomic mass is 16.5. The number of ether oxygens (including phenoxy) is 1. The number of aromatic nitrogens is 1. The van der Waals surface area contributed by atoms with Crippen LogP contribution in [0.1, 0.15) is 11.1 Å². The number of H-pyrrole nitrogens is 1. The van der Waals surface area contributed by atoms with Gasteiger partial charge in [-0.2, -0.15) is 0 Å². The third-order valence-corrected chi connectivity index (χ3v) is 3.88. The summed E-state index contributed by atoms with van der Waals surface area (Å²) in [5.74, 6) is -0.431. The van der Waals surface area contributed by atoms with Gasteiger partial charge in [-0.3, -0.25) is 9.59 Å². The first-order valence-electron chi connectivity index (χ1n) is 7.38. The van der Waals surface area contributed by atoms with Crippen LogP contribution < -0.4 is 5.56 Å². The zero-order valence-corrected chi connectivity index (χ0v) is 13.1. The van der Waals surface area contributed by atoms with E-state index in [0.29, 0.717) is 5.56 Å². The molecule has 0 amide bonds. The van der Waals surface area contributed by atoms with Gasteiger partial charge in [-0.25, -0.2) is 0 Å². The van der Waals surface area contributed by atoms with Crippen molar-refractivity contribution in [2.45, 2.75) is 13.3 Å². The van der Waals surface area contributed by atoms with Crippen molar-refractivity contribution in [2.24, 2.45) is 0 Å². The van der Waals surface area contributed by atoms with Gasteiger partial charge in [-0.1, -0.05) is 42.0 Å². The van der Waals surface area contributed by atoms with Crippen molar-refractivity contribution in [3.05, 3.63) is 70.0 Å². The summed E-state index contributed by atoms with van der Waals surface area (Å²) in [5.41, 5.74) is 3.72. The van der Waals surface area contributed by atoms with Gasteiger partial charge in [0.25, 0.3) is 5.56 Å². The van der Waals surface area contributed by atoms with E-state index in [4.69, 9.17) is 4.74 Å². The van der Waals surface area contributed by atoms with Crippen LogP contribution in [-0.2, 0) is 16.0 Å². The van der Waals surface area contributed by atoms with Crippen LogP contribution in [0.15, 0.2) is 53.3 Å². The lowest BCUT2D eigenvalue weighted by Gasteiger charge is -2.13. The standard InChI is InChI=1S/C19H17NO3/c1-12-8-9-16-14(10-12)18(13-6-4-3-5-7-13)15(19(22)20-16)11-17(21)23-2/h3-10H,11H2,1-2H3,(H,20,22). The molecule has 116 valence electrons. The highest BCUT2D eigenvalue weighted by molar-refractivity contribution is 5.97. The van der Waals surface area contributed by atoms with E-state index >= 15 is 0 Å². The Balaban J connectivity index is 2.38. The lowest BCUT2D eigenvalue weighted by Crippen LogP contribution is -2.19. The summed E-state index contributed by atoms with van der Waals surface area (Å²) in [6.07, 6.45) is -0.0556. The number of aryl methyl sites for hydroxylation is 1. The number of rotatable bonds is 3. The fourth-order valence-corrected chi connectivity index (χ4v) is 2.77. The van der Waals surface area contributed by atoms with Crippen molar-refractivity contribution >= 4 is 16.9 Å². The molecule has 0 aliphatic heterocycles. The molecule has 0 spiro atoms. The van der Waals surface area contributed by atoms with Gasteiger partial charge >= 0.3 is 5.97 Å². The predicted molar refractivity (Wildman–Crippen MR) is 90.5 cm³/mol. The molecule has 1 N–H and O–H groups in total. The van der Waals surface area contributed by atoms with Crippen molar-refractivity contribution in [1.82, 2.24) is 4.98 Å². The van der Waals surface area contributed by atoms with Gasteiger partial charge in [-0.05, 0) is 24.6 Å². The Morgan fingerprint density at radius 1 is 1.13 bits per heavy atom. The molecule has 23 heavy (non-hydrogen) atoms. The fourth-order valence-electron chi connectivity index (χ4n) is 2.77. The molecule has 4 nitrogen and oxygen atoms in total. The van der Waals surface area contributed by atoms with E-state index in [9.17, 15) is 9.59 Å². The fraction of sp³-hybridized carbons (Fsp3) is 0.158. The number of carbonyl (C=O) groups excluding carboxylic acids is 1. The van der Waals surface area contributed by atoms with Crippen molar-refractivity contribution < 1.29 is 9.53 Å². The molecule has 0 unspecified atom stereocenters. The van der Waals surface area contributed by atoms with E-state index in [1.54, 1.807) is 0 Å². The maximum Gasteiger partial charge on any atom is 0.310 e. The SMILES string of the molecule is COC(=O)Cc1c(-c2ccccc2)c2cc(C)ccc2[nH]c1=O. The summed E-state index contributed by atoms with van der Waals surface area (Å²) >= 11 is 0. The minimum Gasteiger partial charge on any atom is -0.469 e. The summed E-state index contributed by atoms with van der Waals surface area (Å²) in [6.45, 7) is 2.00. The molecule has 0 radical (unpaired) electrons. The van der Waals surface area contributed by atoms with Gasteiger partial charge in [0.05, 0.1) is 13.5 Å². The maximum absolute atomic E-state index is 12.5. The van der Waals surface area contributed by atoms with E-state index in [0.717, 1.165) is 27.6 Å². The molecular formula is C19H17NO3. The normalized spacial score (nSPS) is 10.7. The molecule has 3 rings (SSSR count). The van der Waals surface area contributed by atoms with Crippen LogP contribution in [0, 0.1) is 6.92 Å². The second-order valence-electron chi connectivity index (χ2n) is 5.48. The smallest absolute Gasteiger partial charge is 0.310 e. The number of aromatic amines is 1. The average molecular weight is 307 g/mol. The van der Waals surface area contributed by atoms with Crippen molar-refractivity contribution in [3.63, 3.8) is 0 Å². The zero-order chi connectivity index (χ0) is 16.4. The summed E-state index contributed by atoms with van der Waals surface area (Å²) in [5, 5.41) is 0.926. The van der Waals surface area contributed by atoms with Gasteiger partial charge in [0.2, 0.25) is 0 Å². The molecule has 1 heterocycles. The first kappa shape index (κ1) is 15.0. The maximum atomic E-state index is 12.5. The van der Waals surface area contributed by atoms with Crippen LogP contribution in [-0.4, -0.2) is 18.1 Å². The van der Waals surface area contributed by atoms with Crippen LogP contribution in [0.2, 0.25) is 0 Å². The first-order valence-corrected chi connectivity index (χ1v) is 7.38. The highest BCUT2D eigenvalue weighted by Crippen LogP contribution is 2.30. The molecule has 4 heteroatoms. The number of carbonyl (C=O) groups is 1. The Labute approximate surface area is 133 Å². The molecule has 0 fully saturated rings. The van der Waals surface area contributed by atoms with Crippen LogP contribution in [0.25, 0.3) is 22.0 Å². The van der Waals surface area contributed by atoms with Gasteiger partial charge in [0.1, 0.15) is 0 Å². The Morgan fingerprint density at radius 3 is 2.57 bits per heavy atom. The third kappa shape index (κ3) is 2.88. The largest absolute Gasteiger partial charge is 0.469 e. The molecule has 0 atom stereocenters. The lowest BCUT2D eigenvalue weighted by molar-refractivity contribution is -0.139. The van der Waals surface area contributed by atoms with Gasteiger partial charge in [0.15, 0.2) is 0 Å².